The maximum atomic E-state index is 13.1. The monoisotopic (exact) mass is 294 g/mol. The van der Waals surface area contributed by atoms with Crippen molar-refractivity contribution in [3.8, 4) is 0 Å². The van der Waals surface area contributed by atoms with Crippen LogP contribution in [0.15, 0.2) is 42.5 Å². The zero-order chi connectivity index (χ0) is 15.3. The largest absolute Gasteiger partial charge is 0.633 e. The Morgan fingerprint density at radius 3 is 2.95 bits per heavy atom. The lowest BCUT2D eigenvalue weighted by molar-refractivity contribution is -0.879. The second-order valence-corrected chi connectivity index (χ2v) is 6.67. The molecule has 0 aliphatic carbocycles. The van der Waals surface area contributed by atoms with Crippen LogP contribution in [-0.4, -0.2) is 29.3 Å². The van der Waals surface area contributed by atoms with Gasteiger partial charge < -0.3 is 14.8 Å². The zero-order valence-corrected chi connectivity index (χ0v) is 13.1. The van der Waals surface area contributed by atoms with Crippen LogP contribution in [0.4, 0.5) is 0 Å². The molecular weight excluding hydrogens is 272 g/mol. The van der Waals surface area contributed by atoms with Gasteiger partial charge >= 0.3 is 0 Å². The van der Waals surface area contributed by atoms with Crippen molar-refractivity contribution in [2.24, 2.45) is 5.92 Å². The van der Waals surface area contributed by atoms with Crippen LogP contribution in [0.1, 0.15) is 24.6 Å². The zero-order valence-electron chi connectivity index (χ0n) is 13.1. The molecule has 3 heteroatoms. The molecule has 0 saturated carbocycles. The highest BCUT2D eigenvalue weighted by molar-refractivity contribution is 5.89. The number of hydroxylamine groups is 3. The lowest BCUT2D eigenvalue weighted by atomic mass is 9.83. The third-order valence-electron chi connectivity index (χ3n) is 5.44. The second-order valence-electron chi connectivity index (χ2n) is 6.67. The van der Waals surface area contributed by atoms with Gasteiger partial charge in [-0.2, -0.15) is 0 Å². The molecule has 2 bridgehead atoms. The summed E-state index contributed by atoms with van der Waals surface area (Å²) >= 11 is 0. The molecule has 4 heterocycles. The van der Waals surface area contributed by atoms with Crippen molar-refractivity contribution in [1.29, 1.82) is 0 Å². The predicted molar refractivity (Wildman–Crippen MR) is 91.1 cm³/mol. The molecule has 3 nitrogen and oxygen atoms in total. The van der Waals surface area contributed by atoms with Gasteiger partial charge in [-0.15, -0.1) is 0 Å². The van der Waals surface area contributed by atoms with Crippen LogP contribution in [0.2, 0.25) is 0 Å². The first-order valence-corrected chi connectivity index (χ1v) is 8.12. The third kappa shape index (κ3) is 1.97. The van der Waals surface area contributed by atoms with Crippen molar-refractivity contribution in [2.45, 2.75) is 19.8 Å². The number of hydrogen-bond acceptors (Lipinski definition) is 1. The second kappa shape index (κ2) is 4.83. The van der Waals surface area contributed by atoms with E-state index in [1.165, 1.54) is 22.2 Å². The molecule has 22 heavy (non-hydrogen) atoms. The summed E-state index contributed by atoms with van der Waals surface area (Å²) in [5.74, 6) is 0.315. The van der Waals surface area contributed by atoms with E-state index < -0.39 is 0 Å². The number of nitrogens with one attached hydrogen (secondary N) is 1. The quantitative estimate of drug-likeness (QED) is 0.445. The molecule has 5 rings (SSSR count). The molecule has 0 radical (unpaired) electrons. The van der Waals surface area contributed by atoms with E-state index >= 15 is 0 Å². The van der Waals surface area contributed by atoms with Crippen molar-refractivity contribution >= 4 is 16.5 Å². The Morgan fingerprint density at radius 2 is 2.14 bits per heavy atom. The number of piperidine rings is 1. The Kier molecular flexibility index (Phi) is 3.03. The maximum Gasteiger partial charge on any atom is 0.101 e. The number of H-pyrrole nitrogens is 1. The Bertz CT molecular complexity index is 786. The first-order valence-electron chi connectivity index (χ1n) is 8.12. The summed E-state index contributed by atoms with van der Waals surface area (Å²) in [7, 11) is 0. The molecule has 1 N–H and O–H groups in total. The van der Waals surface area contributed by atoms with E-state index in [4.69, 9.17) is 0 Å². The molecule has 0 spiro atoms. The Balaban J connectivity index is 1.92. The van der Waals surface area contributed by atoms with Gasteiger partial charge in [-0.05, 0) is 29.7 Å². The van der Waals surface area contributed by atoms with Gasteiger partial charge in [-0.25, -0.2) is 0 Å². The van der Waals surface area contributed by atoms with Gasteiger partial charge in [0.15, 0.2) is 0 Å². The first-order chi connectivity index (χ1) is 10.6. The van der Waals surface area contributed by atoms with Crippen LogP contribution in [0.3, 0.4) is 0 Å². The van der Waals surface area contributed by atoms with E-state index in [0.29, 0.717) is 25.6 Å². The van der Waals surface area contributed by atoms with E-state index in [9.17, 15) is 5.21 Å². The number of para-hydroxylation sites is 1. The molecule has 3 aliphatic rings. The number of hydrogen-bond donors (Lipinski definition) is 1. The minimum Gasteiger partial charge on any atom is -0.633 e. The molecule has 1 saturated heterocycles. The number of fused-ring (bicyclic) bond motifs is 4. The van der Waals surface area contributed by atoms with Gasteiger partial charge in [-0.3, -0.25) is 0 Å². The minimum atomic E-state index is -0.0810. The Morgan fingerprint density at radius 1 is 1.32 bits per heavy atom. The molecule has 0 amide bonds. The first kappa shape index (κ1) is 13.8. The molecule has 114 valence electrons. The number of nitrogens with zero attached hydrogens (tertiary/aromatic N) is 1. The van der Waals surface area contributed by atoms with Crippen molar-refractivity contribution in [2.75, 3.05) is 19.6 Å². The summed E-state index contributed by atoms with van der Waals surface area (Å²) < 4.78 is -0.0810. The van der Waals surface area contributed by atoms with Crippen molar-refractivity contribution in [1.82, 2.24) is 4.98 Å². The number of allylic oxidation sites excluding steroid dienone is 2. The summed E-state index contributed by atoms with van der Waals surface area (Å²) in [6.45, 7) is 8.46. The number of rotatable bonds is 0. The average molecular weight is 294 g/mol. The summed E-state index contributed by atoms with van der Waals surface area (Å²) in [5, 5.41) is 14.3. The molecular formula is C19H22N2O. The van der Waals surface area contributed by atoms with Crippen molar-refractivity contribution in [3.63, 3.8) is 0 Å². The molecule has 2 atom stereocenters. The average Bonchev–Trinajstić information content (AvgIpc) is 2.92. The van der Waals surface area contributed by atoms with Gasteiger partial charge in [0.25, 0.3) is 0 Å². The lowest BCUT2D eigenvalue weighted by Gasteiger charge is -2.48. The maximum absolute atomic E-state index is 13.1. The molecule has 2 unspecified atom stereocenters. The van der Waals surface area contributed by atoms with Gasteiger partial charge in [0, 0.05) is 35.4 Å². The Hall–Kier alpha value is -1.84. The van der Waals surface area contributed by atoms with Gasteiger partial charge in [0.1, 0.15) is 6.54 Å². The molecule has 1 aromatic carbocycles. The predicted octanol–water partition coefficient (Wildman–Crippen LogP) is 4.02. The molecule has 3 aliphatic heterocycles. The number of quaternary nitrogens is 1. The lowest BCUT2D eigenvalue weighted by Crippen LogP contribution is -2.50. The summed E-state index contributed by atoms with van der Waals surface area (Å²) in [5.41, 5.74) is 6.02. The summed E-state index contributed by atoms with van der Waals surface area (Å²) in [6.07, 6.45) is 3.87. The van der Waals surface area contributed by atoms with Crippen LogP contribution in [0.25, 0.3) is 16.5 Å². The van der Waals surface area contributed by atoms with Gasteiger partial charge in [0.2, 0.25) is 0 Å². The summed E-state index contributed by atoms with van der Waals surface area (Å²) in [6, 6.07) is 8.38. The van der Waals surface area contributed by atoms with E-state index in [1.54, 1.807) is 0 Å². The number of aromatic nitrogens is 1. The molecule has 1 fully saturated rings. The fraction of sp³-hybridized carbons (Fsp3) is 0.368. The SMILES string of the molecule is C=C1c2[nH]c3ccccc3c2CC[N+]2([O-])CCC1C(=CC)C2. The highest BCUT2D eigenvalue weighted by Gasteiger charge is 2.35. The van der Waals surface area contributed by atoms with Crippen molar-refractivity contribution in [3.05, 3.63) is 59.0 Å². The van der Waals surface area contributed by atoms with Gasteiger partial charge in [0.05, 0.1) is 13.1 Å². The summed E-state index contributed by atoms with van der Waals surface area (Å²) in [4.78, 5) is 3.57. The van der Waals surface area contributed by atoms with Crippen LogP contribution in [0.5, 0.6) is 0 Å². The third-order valence-corrected chi connectivity index (χ3v) is 5.44. The fourth-order valence-electron chi connectivity index (χ4n) is 4.18. The van der Waals surface area contributed by atoms with Crippen LogP contribution in [0, 0.1) is 11.1 Å². The number of benzene rings is 1. The Labute approximate surface area is 131 Å². The van der Waals surface area contributed by atoms with E-state index in [1.807, 2.05) is 0 Å². The van der Waals surface area contributed by atoms with Crippen LogP contribution >= 0.6 is 0 Å². The molecule has 2 aromatic rings. The smallest absolute Gasteiger partial charge is 0.101 e. The van der Waals surface area contributed by atoms with Crippen LogP contribution < -0.4 is 0 Å². The normalized spacial score (nSPS) is 30.2. The topological polar surface area (TPSA) is 38.8 Å². The van der Waals surface area contributed by atoms with Crippen molar-refractivity contribution < 1.29 is 4.65 Å². The van der Waals surface area contributed by atoms with E-state index in [2.05, 4.69) is 48.8 Å². The van der Waals surface area contributed by atoms with E-state index in [-0.39, 0.29) is 4.65 Å². The minimum absolute atomic E-state index is 0.0810. The standard InChI is InChI=1S/C19H22N2O/c1-3-14-12-21(22)10-8-15(14)13(2)19-17(9-11-21)16-6-4-5-7-18(16)20-19/h3-7,15,20H,2,8-12H2,1H3. The van der Waals surface area contributed by atoms with E-state index in [0.717, 1.165) is 23.9 Å². The molecule has 1 aromatic heterocycles. The fourth-order valence-corrected chi connectivity index (χ4v) is 4.18. The van der Waals surface area contributed by atoms with Gasteiger partial charge in [-0.1, -0.05) is 30.9 Å². The highest BCUT2D eigenvalue weighted by Crippen LogP contribution is 2.41. The highest BCUT2D eigenvalue weighted by atomic mass is 16.5. The number of aromatic amines is 1. The van der Waals surface area contributed by atoms with Crippen LogP contribution in [-0.2, 0) is 6.42 Å².